The largest absolute Gasteiger partial charge is 0.380 e. The molecule has 0 aliphatic carbocycles. The van der Waals surface area contributed by atoms with Crippen molar-refractivity contribution in [3.63, 3.8) is 0 Å². The van der Waals surface area contributed by atoms with Crippen molar-refractivity contribution in [2.45, 2.75) is 6.10 Å². The Hall–Kier alpha value is -1.36. The molecule has 0 radical (unpaired) electrons. The van der Waals surface area contributed by atoms with Gasteiger partial charge in [0.05, 0.1) is 5.52 Å². The molecule has 5 heteroatoms. The fourth-order valence-corrected chi connectivity index (χ4v) is 2.68. The van der Waals surface area contributed by atoms with Crippen LogP contribution in [-0.4, -0.2) is 15.1 Å². The second kappa shape index (κ2) is 4.96. The predicted octanol–water partition coefficient (Wildman–Crippen LogP) is 4.06. The zero-order valence-electron chi connectivity index (χ0n) is 9.77. The van der Waals surface area contributed by atoms with Crippen LogP contribution in [0.5, 0.6) is 0 Å². The Kier molecular flexibility index (Phi) is 3.31. The number of benzene rings is 2. The third-order valence-electron chi connectivity index (χ3n) is 2.94. The molecule has 96 valence electrons. The van der Waals surface area contributed by atoms with Crippen molar-refractivity contribution in [2.24, 2.45) is 0 Å². The Bertz CT molecular complexity index is 741. The molecule has 1 heterocycles. The average Bonchev–Trinajstić information content (AvgIpc) is 2.84. The van der Waals surface area contributed by atoms with Crippen molar-refractivity contribution in [3.8, 4) is 0 Å². The third kappa shape index (κ3) is 2.27. The molecule has 0 saturated heterocycles. The number of halogens is 2. The number of nitrogens with zero attached hydrogens (tertiary/aromatic N) is 1. The van der Waals surface area contributed by atoms with E-state index in [1.165, 1.54) is 0 Å². The van der Waals surface area contributed by atoms with Gasteiger partial charge < -0.3 is 10.1 Å². The number of aliphatic hydroxyl groups is 1. The van der Waals surface area contributed by atoms with Gasteiger partial charge in [-0.2, -0.15) is 0 Å². The summed E-state index contributed by atoms with van der Waals surface area (Å²) in [6, 6.07) is 12.9. The maximum atomic E-state index is 10.4. The van der Waals surface area contributed by atoms with E-state index in [1.807, 2.05) is 30.3 Å². The van der Waals surface area contributed by atoms with Gasteiger partial charge in [-0.3, -0.25) is 0 Å². The fraction of sp³-hybridized carbons (Fsp3) is 0.0714. The van der Waals surface area contributed by atoms with Crippen LogP contribution in [0.15, 0.2) is 46.9 Å². The Morgan fingerprint density at radius 2 is 1.95 bits per heavy atom. The number of aromatic nitrogens is 2. The number of hydrogen-bond donors (Lipinski definition) is 2. The van der Waals surface area contributed by atoms with Gasteiger partial charge in [-0.1, -0.05) is 35.9 Å². The Labute approximate surface area is 123 Å². The third-order valence-corrected chi connectivity index (χ3v) is 3.92. The van der Waals surface area contributed by atoms with Gasteiger partial charge in [-0.05, 0) is 34.1 Å². The first-order valence-corrected chi connectivity index (χ1v) is 6.90. The highest BCUT2D eigenvalue weighted by molar-refractivity contribution is 9.10. The van der Waals surface area contributed by atoms with E-state index in [2.05, 4.69) is 25.9 Å². The van der Waals surface area contributed by atoms with Crippen LogP contribution in [-0.2, 0) is 0 Å². The summed E-state index contributed by atoms with van der Waals surface area (Å²) < 4.78 is 0.888. The van der Waals surface area contributed by atoms with Crippen LogP contribution in [0.2, 0.25) is 5.02 Å². The lowest BCUT2D eigenvalue weighted by molar-refractivity contribution is 0.211. The van der Waals surface area contributed by atoms with Crippen molar-refractivity contribution in [2.75, 3.05) is 0 Å². The summed E-state index contributed by atoms with van der Waals surface area (Å²) in [5, 5.41) is 10.9. The number of nitrogens with one attached hydrogen (secondary N) is 1. The SMILES string of the molecule is O[C@H](c1nc2c(Br)cccc2[nH]1)c1ccccc1Cl. The number of hydrogen-bond acceptors (Lipinski definition) is 2. The van der Waals surface area contributed by atoms with E-state index >= 15 is 0 Å². The molecule has 0 aliphatic heterocycles. The molecule has 1 atom stereocenters. The first-order chi connectivity index (χ1) is 9.16. The van der Waals surface area contributed by atoms with E-state index < -0.39 is 6.10 Å². The zero-order chi connectivity index (χ0) is 13.4. The number of aromatic amines is 1. The first-order valence-electron chi connectivity index (χ1n) is 5.73. The Balaban J connectivity index is 2.10. The molecule has 0 aliphatic rings. The molecule has 3 nitrogen and oxygen atoms in total. The molecule has 19 heavy (non-hydrogen) atoms. The minimum Gasteiger partial charge on any atom is -0.380 e. The van der Waals surface area contributed by atoms with Gasteiger partial charge in [0.15, 0.2) is 0 Å². The molecule has 0 spiro atoms. The molecule has 3 aromatic rings. The maximum absolute atomic E-state index is 10.4. The predicted molar refractivity (Wildman–Crippen MR) is 79.3 cm³/mol. The van der Waals surface area contributed by atoms with E-state index in [0.29, 0.717) is 16.4 Å². The topological polar surface area (TPSA) is 48.9 Å². The molecule has 0 unspecified atom stereocenters. The van der Waals surface area contributed by atoms with Crippen molar-refractivity contribution in [1.82, 2.24) is 9.97 Å². The summed E-state index contributed by atoms with van der Waals surface area (Å²) in [5.74, 6) is 0.481. The van der Waals surface area contributed by atoms with Crippen LogP contribution in [0, 0.1) is 0 Å². The van der Waals surface area contributed by atoms with E-state index in [0.717, 1.165) is 15.5 Å². The highest BCUT2D eigenvalue weighted by atomic mass is 79.9. The lowest BCUT2D eigenvalue weighted by Gasteiger charge is -2.09. The average molecular weight is 338 g/mol. The van der Waals surface area contributed by atoms with E-state index in [4.69, 9.17) is 11.6 Å². The molecule has 0 bridgehead atoms. The summed E-state index contributed by atoms with van der Waals surface area (Å²) in [6.07, 6.45) is -0.868. The number of fused-ring (bicyclic) bond motifs is 1. The van der Waals surface area contributed by atoms with Crippen LogP contribution in [0.1, 0.15) is 17.5 Å². The Morgan fingerprint density at radius 1 is 1.16 bits per heavy atom. The molecule has 0 fully saturated rings. The van der Waals surface area contributed by atoms with Gasteiger partial charge in [0.25, 0.3) is 0 Å². The smallest absolute Gasteiger partial charge is 0.140 e. The lowest BCUT2D eigenvalue weighted by atomic mass is 10.1. The second-order valence-corrected chi connectivity index (χ2v) is 5.44. The standard InChI is InChI=1S/C14H10BrClN2O/c15-9-5-3-7-11-12(9)18-14(17-11)13(19)8-4-1-2-6-10(8)16/h1-7,13,19H,(H,17,18)/t13-/m0/s1. The van der Waals surface area contributed by atoms with E-state index in [9.17, 15) is 5.11 Å². The van der Waals surface area contributed by atoms with Crippen molar-refractivity contribution in [1.29, 1.82) is 0 Å². The lowest BCUT2D eigenvalue weighted by Crippen LogP contribution is -2.02. The van der Waals surface area contributed by atoms with Crippen LogP contribution in [0.3, 0.4) is 0 Å². The zero-order valence-corrected chi connectivity index (χ0v) is 12.1. The summed E-state index contributed by atoms with van der Waals surface area (Å²) >= 11 is 9.53. The van der Waals surface area contributed by atoms with Crippen molar-refractivity contribution >= 4 is 38.6 Å². The van der Waals surface area contributed by atoms with Crippen LogP contribution < -0.4 is 0 Å². The van der Waals surface area contributed by atoms with Gasteiger partial charge in [0.2, 0.25) is 0 Å². The maximum Gasteiger partial charge on any atom is 0.140 e. The monoisotopic (exact) mass is 336 g/mol. The summed E-state index contributed by atoms with van der Waals surface area (Å²) in [6.45, 7) is 0. The summed E-state index contributed by atoms with van der Waals surface area (Å²) in [4.78, 5) is 7.53. The van der Waals surface area contributed by atoms with Crippen LogP contribution >= 0.6 is 27.5 Å². The first kappa shape index (κ1) is 12.7. The second-order valence-electron chi connectivity index (χ2n) is 4.18. The molecule has 2 aromatic carbocycles. The molecule has 1 aromatic heterocycles. The number of rotatable bonds is 2. The number of H-pyrrole nitrogens is 1. The summed E-state index contributed by atoms with van der Waals surface area (Å²) in [5.41, 5.74) is 2.30. The minimum atomic E-state index is -0.868. The number of para-hydroxylation sites is 1. The highest BCUT2D eigenvalue weighted by Crippen LogP contribution is 2.29. The summed E-state index contributed by atoms with van der Waals surface area (Å²) in [7, 11) is 0. The molecule has 3 rings (SSSR count). The fourth-order valence-electron chi connectivity index (χ4n) is 1.99. The van der Waals surface area contributed by atoms with Crippen LogP contribution in [0.25, 0.3) is 11.0 Å². The highest BCUT2D eigenvalue weighted by Gasteiger charge is 2.17. The van der Waals surface area contributed by atoms with E-state index in [-0.39, 0.29) is 0 Å². The van der Waals surface area contributed by atoms with Gasteiger partial charge in [0, 0.05) is 15.1 Å². The normalized spacial score (nSPS) is 12.8. The van der Waals surface area contributed by atoms with Crippen molar-refractivity contribution < 1.29 is 5.11 Å². The number of aliphatic hydroxyl groups excluding tert-OH is 1. The molecule has 2 N–H and O–H groups in total. The van der Waals surface area contributed by atoms with Gasteiger partial charge >= 0.3 is 0 Å². The Morgan fingerprint density at radius 3 is 2.68 bits per heavy atom. The molecule has 0 saturated carbocycles. The van der Waals surface area contributed by atoms with Gasteiger partial charge in [-0.15, -0.1) is 0 Å². The molecule has 0 amide bonds. The van der Waals surface area contributed by atoms with Crippen molar-refractivity contribution in [3.05, 3.63) is 63.3 Å². The molecular weight excluding hydrogens is 328 g/mol. The number of imidazole rings is 1. The quantitative estimate of drug-likeness (QED) is 0.741. The van der Waals surface area contributed by atoms with Crippen LogP contribution in [0.4, 0.5) is 0 Å². The van der Waals surface area contributed by atoms with Gasteiger partial charge in [0.1, 0.15) is 17.4 Å². The van der Waals surface area contributed by atoms with E-state index in [1.54, 1.807) is 12.1 Å². The minimum absolute atomic E-state index is 0.481. The van der Waals surface area contributed by atoms with Gasteiger partial charge in [-0.25, -0.2) is 4.98 Å². The molecular formula is C14H10BrClN2O.